The molecule has 0 spiro atoms. The van der Waals surface area contributed by atoms with E-state index < -0.39 is 0 Å². The van der Waals surface area contributed by atoms with Crippen molar-refractivity contribution in [2.75, 3.05) is 5.32 Å². The van der Waals surface area contributed by atoms with Crippen molar-refractivity contribution in [2.24, 2.45) is 0 Å². The molecule has 3 nitrogen and oxygen atoms in total. The number of pyridine rings is 1. The van der Waals surface area contributed by atoms with E-state index in [1.54, 1.807) is 12.1 Å². The lowest BCUT2D eigenvalue weighted by Gasteiger charge is -2.12. The van der Waals surface area contributed by atoms with Crippen molar-refractivity contribution in [2.45, 2.75) is 20.8 Å². The second-order valence-corrected chi connectivity index (χ2v) is 7.39. The molecule has 4 aromatic rings. The van der Waals surface area contributed by atoms with Crippen molar-refractivity contribution in [1.29, 1.82) is 0 Å². The summed E-state index contributed by atoms with van der Waals surface area (Å²) in [5.74, 6) is 0.258. The Morgan fingerprint density at radius 3 is 2.62 bits per heavy atom. The van der Waals surface area contributed by atoms with Crippen LogP contribution in [0.2, 0.25) is 0 Å². The van der Waals surface area contributed by atoms with Crippen molar-refractivity contribution in [3.63, 3.8) is 0 Å². The molecule has 2 heterocycles. The predicted molar refractivity (Wildman–Crippen MR) is 103 cm³/mol. The molecular formula is C20H18N2OS. The maximum atomic E-state index is 9.75. The topological polar surface area (TPSA) is 45.1 Å². The van der Waals surface area contributed by atoms with Gasteiger partial charge in [-0.3, -0.25) is 4.98 Å². The van der Waals surface area contributed by atoms with Crippen LogP contribution in [0.3, 0.4) is 0 Å². The molecule has 24 heavy (non-hydrogen) atoms. The molecule has 0 unspecified atom stereocenters. The number of anilines is 2. The zero-order valence-corrected chi connectivity index (χ0v) is 14.7. The lowest BCUT2D eigenvalue weighted by Crippen LogP contribution is -1.95. The number of aromatic hydroxyl groups is 1. The first-order valence-electron chi connectivity index (χ1n) is 7.88. The van der Waals surface area contributed by atoms with E-state index in [-0.39, 0.29) is 5.75 Å². The maximum Gasteiger partial charge on any atom is 0.117 e. The number of nitrogens with one attached hydrogen (secondary N) is 1. The molecule has 0 fully saturated rings. The predicted octanol–water partition coefficient (Wildman–Crippen LogP) is 5.82. The van der Waals surface area contributed by atoms with Crippen LogP contribution in [0, 0.1) is 20.8 Å². The normalized spacial score (nSPS) is 11.3. The Morgan fingerprint density at radius 1 is 0.958 bits per heavy atom. The largest absolute Gasteiger partial charge is 0.508 e. The summed E-state index contributed by atoms with van der Waals surface area (Å²) in [5.41, 5.74) is 5.30. The van der Waals surface area contributed by atoms with Crippen LogP contribution in [-0.2, 0) is 0 Å². The van der Waals surface area contributed by atoms with E-state index in [4.69, 9.17) is 0 Å². The number of phenols is 1. The number of thiophene rings is 1. The minimum Gasteiger partial charge on any atom is -0.508 e. The number of hydrogen-bond acceptors (Lipinski definition) is 4. The lowest BCUT2D eigenvalue weighted by molar-refractivity contribution is 0.475. The smallest absolute Gasteiger partial charge is 0.117 e. The first-order valence-corrected chi connectivity index (χ1v) is 8.69. The first-order chi connectivity index (χ1) is 11.5. The second-order valence-electron chi connectivity index (χ2n) is 6.13. The third kappa shape index (κ3) is 2.39. The Hall–Kier alpha value is -2.59. The number of benzene rings is 2. The van der Waals surface area contributed by atoms with Crippen LogP contribution < -0.4 is 5.32 Å². The van der Waals surface area contributed by atoms with Gasteiger partial charge in [0.1, 0.15) is 5.75 Å². The summed E-state index contributed by atoms with van der Waals surface area (Å²) < 4.78 is 1.28. The van der Waals surface area contributed by atoms with E-state index in [1.807, 2.05) is 36.6 Å². The van der Waals surface area contributed by atoms with Gasteiger partial charge in [-0.2, -0.15) is 0 Å². The fraction of sp³-hybridized carbons (Fsp3) is 0.150. The zero-order chi connectivity index (χ0) is 16.8. The van der Waals surface area contributed by atoms with Gasteiger partial charge in [0.05, 0.1) is 5.52 Å². The highest BCUT2D eigenvalue weighted by Crippen LogP contribution is 2.36. The summed E-state index contributed by atoms with van der Waals surface area (Å²) in [7, 11) is 0. The van der Waals surface area contributed by atoms with Crippen LogP contribution in [0.15, 0.2) is 42.6 Å². The number of aromatic nitrogens is 1. The van der Waals surface area contributed by atoms with Gasteiger partial charge in [-0.15, -0.1) is 11.3 Å². The molecule has 0 bridgehead atoms. The van der Waals surface area contributed by atoms with Gasteiger partial charge in [0.2, 0.25) is 0 Å². The Labute approximate surface area is 144 Å². The minimum absolute atomic E-state index is 0.258. The average Bonchev–Trinajstić information content (AvgIpc) is 2.84. The molecule has 0 saturated heterocycles. The molecule has 4 rings (SSSR count). The third-order valence-corrected chi connectivity index (χ3v) is 5.70. The van der Waals surface area contributed by atoms with Crippen molar-refractivity contribution >= 4 is 43.7 Å². The summed E-state index contributed by atoms with van der Waals surface area (Å²) in [6.07, 6.45) is 1.82. The molecule has 0 aliphatic heterocycles. The molecule has 120 valence electrons. The quantitative estimate of drug-likeness (QED) is 0.485. The Morgan fingerprint density at radius 2 is 1.79 bits per heavy atom. The molecule has 4 heteroatoms. The monoisotopic (exact) mass is 334 g/mol. The van der Waals surface area contributed by atoms with Gasteiger partial charge in [0, 0.05) is 38.6 Å². The molecule has 0 radical (unpaired) electrons. The summed E-state index contributed by atoms with van der Waals surface area (Å²) >= 11 is 1.82. The zero-order valence-electron chi connectivity index (χ0n) is 13.8. The molecule has 0 atom stereocenters. The highest BCUT2D eigenvalue weighted by atomic mass is 32.1. The number of fused-ring (bicyclic) bond motifs is 2. The molecule has 2 N–H and O–H groups in total. The summed E-state index contributed by atoms with van der Waals surface area (Å²) in [5, 5.41) is 15.6. The fourth-order valence-corrected chi connectivity index (χ4v) is 4.07. The number of hydrogen-bond donors (Lipinski definition) is 2. The number of rotatable bonds is 2. The SMILES string of the molecule is Cc1ccc(O)cc1Nc1ccnc2cc3c(C)c(C)sc3cc12. The van der Waals surface area contributed by atoms with Gasteiger partial charge >= 0.3 is 0 Å². The van der Waals surface area contributed by atoms with Crippen LogP contribution in [0.5, 0.6) is 5.75 Å². The van der Waals surface area contributed by atoms with Crippen molar-refractivity contribution in [1.82, 2.24) is 4.98 Å². The maximum absolute atomic E-state index is 9.75. The van der Waals surface area contributed by atoms with E-state index in [0.717, 1.165) is 27.8 Å². The third-order valence-electron chi connectivity index (χ3n) is 4.53. The van der Waals surface area contributed by atoms with Gasteiger partial charge in [0.15, 0.2) is 0 Å². The Balaban J connectivity index is 1.90. The van der Waals surface area contributed by atoms with Crippen molar-refractivity contribution in [3.05, 3.63) is 58.6 Å². The van der Waals surface area contributed by atoms with Crippen molar-refractivity contribution < 1.29 is 5.11 Å². The van der Waals surface area contributed by atoms with Crippen LogP contribution in [-0.4, -0.2) is 10.1 Å². The van der Waals surface area contributed by atoms with E-state index in [0.29, 0.717) is 0 Å². The summed E-state index contributed by atoms with van der Waals surface area (Å²) in [6.45, 7) is 6.35. The Kier molecular flexibility index (Phi) is 3.43. The summed E-state index contributed by atoms with van der Waals surface area (Å²) in [6, 6.07) is 11.7. The average molecular weight is 334 g/mol. The highest BCUT2D eigenvalue weighted by Gasteiger charge is 2.10. The molecule has 0 saturated carbocycles. The standard InChI is InChI=1S/C20H18N2OS/c1-11-4-5-14(23)8-18(11)22-17-6-7-21-19-9-15-12(2)13(3)24-20(15)10-16(17)19/h4-10,23H,1-3H3,(H,21,22). The molecule has 0 aliphatic rings. The van der Waals surface area contributed by atoms with Gasteiger partial charge in [0.25, 0.3) is 0 Å². The lowest BCUT2D eigenvalue weighted by atomic mass is 10.1. The highest BCUT2D eigenvalue weighted by molar-refractivity contribution is 7.19. The Bertz CT molecular complexity index is 1080. The molecule has 2 aromatic heterocycles. The summed E-state index contributed by atoms with van der Waals surface area (Å²) in [4.78, 5) is 5.89. The minimum atomic E-state index is 0.258. The van der Waals surface area contributed by atoms with E-state index >= 15 is 0 Å². The number of aryl methyl sites for hydroxylation is 3. The molecule has 0 amide bonds. The number of phenolic OH excluding ortho intramolecular Hbond substituents is 1. The van der Waals surface area contributed by atoms with E-state index in [2.05, 4.69) is 36.3 Å². The van der Waals surface area contributed by atoms with E-state index in [9.17, 15) is 5.11 Å². The molecule has 2 aromatic carbocycles. The van der Waals surface area contributed by atoms with Gasteiger partial charge in [-0.25, -0.2) is 0 Å². The van der Waals surface area contributed by atoms with E-state index in [1.165, 1.54) is 20.5 Å². The molecule has 0 aliphatic carbocycles. The second kappa shape index (κ2) is 5.49. The van der Waals surface area contributed by atoms with Gasteiger partial charge in [-0.1, -0.05) is 6.07 Å². The molecular weight excluding hydrogens is 316 g/mol. The van der Waals surface area contributed by atoms with Crippen LogP contribution in [0.25, 0.3) is 21.0 Å². The number of nitrogens with zero attached hydrogens (tertiary/aromatic N) is 1. The van der Waals surface area contributed by atoms with Crippen LogP contribution in [0.4, 0.5) is 11.4 Å². The van der Waals surface area contributed by atoms with Crippen LogP contribution in [0.1, 0.15) is 16.0 Å². The fourth-order valence-electron chi connectivity index (χ4n) is 2.98. The van der Waals surface area contributed by atoms with Crippen molar-refractivity contribution in [3.8, 4) is 5.75 Å². The van der Waals surface area contributed by atoms with Crippen LogP contribution >= 0.6 is 11.3 Å². The first kappa shape index (κ1) is 15.0. The van der Waals surface area contributed by atoms with Gasteiger partial charge in [-0.05, 0) is 61.5 Å². The van der Waals surface area contributed by atoms with Gasteiger partial charge < -0.3 is 10.4 Å².